The van der Waals surface area contributed by atoms with Gasteiger partial charge in [-0.2, -0.15) is 0 Å². The lowest BCUT2D eigenvalue weighted by molar-refractivity contribution is -0.123. The van der Waals surface area contributed by atoms with Crippen molar-refractivity contribution in [3.8, 4) is 11.3 Å². The maximum Gasteiger partial charge on any atom is 0.293 e. The van der Waals surface area contributed by atoms with Gasteiger partial charge in [-0.05, 0) is 52.4 Å². The molecule has 1 aliphatic rings. The molecule has 0 unspecified atom stereocenters. The summed E-state index contributed by atoms with van der Waals surface area (Å²) in [6.45, 7) is 0.242. The number of imide groups is 1. The maximum atomic E-state index is 12.9. The van der Waals surface area contributed by atoms with Gasteiger partial charge in [-0.25, -0.2) is 0 Å². The summed E-state index contributed by atoms with van der Waals surface area (Å²) in [7, 11) is 0. The second-order valence-electron chi connectivity index (χ2n) is 7.12. The summed E-state index contributed by atoms with van der Waals surface area (Å²) in [4.78, 5) is 27.2. The quantitative estimate of drug-likeness (QED) is 0.287. The number of carbonyl (C=O) groups excluding carboxylic acids is 2. The van der Waals surface area contributed by atoms with E-state index >= 15 is 0 Å². The number of rotatable bonds is 4. The number of hydrogen-bond donors (Lipinski definition) is 0. The van der Waals surface area contributed by atoms with Crippen molar-refractivity contribution in [3.63, 3.8) is 0 Å². The highest BCUT2D eigenvalue weighted by molar-refractivity contribution is 9.10. The van der Waals surface area contributed by atoms with Crippen LogP contribution in [0.15, 0.2) is 92.7 Å². The highest BCUT2D eigenvalue weighted by Crippen LogP contribution is 2.35. The Bertz CT molecular complexity index is 1340. The summed E-state index contributed by atoms with van der Waals surface area (Å²) in [5.41, 5.74) is 1.88. The minimum Gasteiger partial charge on any atom is -0.457 e. The summed E-state index contributed by atoms with van der Waals surface area (Å²) >= 11 is 4.36. The van der Waals surface area contributed by atoms with Crippen LogP contribution in [0.1, 0.15) is 11.3 Å². The number of furan rings is 1. The number of benzene rings is 3. The number of amides is 2. The third-order valence-electron chi connectivity index (χ3n) is 5.11. The van der Waals surface area contributed by atoms with E-state index < -0.39 is 0 Å². The van der Waals surface area contributed by atoms with E-state index in [0.29, 0.717) is 16.4 Å². The van der Waals surface area contributed by atoms with Gasteiger partial charge in [0.05, 0.1) is 11.4 Å². The zero-order chi connectivity index (χ0) is 21.4. The molecule has 1 saturated heterocycles. The van der Waals surface area contributed by atoms with Gasteiger partial charge in [-0.15, -0.1) is 0 Å². The van der Waals surface area contributed by atoms with Gasteiger partial charge in [-0.1, -0.05) is 70.5 Å². The second kappa shape index (κ2) is 8.21. The number of hydrogen-bond acceptors (Lipinski definition) is 4. The summed E-state index contributed by atoms with van der Waals surface area (Å²) < 4.78 is 6.87. The molecule has 0 spiro atoms. The molecule has 5 rings (SSSR count). The molecule has 152 valence electrons. The Balaban J connectivity index is 1.39. The minimum absolute atomic E-state index is 0.242. The molecule has 1 aromatic heterocycles. The minimum atomic E-state index is -0.301. The fourth-order valence-corrected chi connectivity index (χ4v) is 4.65. The lowest BCUT2D eigenvalue weighted by Gasteiger charge is -2.14. The van der Waals surface area contributed by atoms with E-state index in [1.807, 2.05) is 72.8 Å². The highest BCUT2D eigenvalue weighted by atomic mass is 79.9. The molecule has 0 atom stereocenters. The molecule has 31 heavy (non-hydrogen) atoms. The first-order valence-corrected chi connectivity index (χ1v) is 11.3. The molecule has 2 amide bonds. The first kappa shape index (κ1) is 19.8. The molecule has 1 fully saturated rings. The van der Waals surface area contributed by atoms with Gasteiger partial charge in [-0.3, -0.25) is 14.5 Å². The van der Waals surface area contributed by atoms with Gasteiger partial charge >= 0.3 is 0 Å². The zero-order valence-electron chi connectivity index (χ0n) is 16.2. The van der Waals surface area contributed by atoms with Crippen molar-refractivity contribution in [2.45, 2.75) is 6.54 Å². The number of carbonyl (C=O) groups is 2. The van der Waals surface area contributed by atoms with Gasteiger partial charge in [0.2, 0.25) is 0 Å². The SMILES string of the molecule is O=C1S/C(=C\c2ccc(-c3ccc(Br)cc3)o2)C(=O)N1Cc1cccc2ccccc12. The van der Waals surface area contributed by atoms with Gasteiger partial charge in [0, 0.05) is 16.1 Å². The van der Waals surface area contributed by atoms with Crippen LogP contribution in [0.2, 0.25) is 0 Å². The average molecular weight is 490 g/mol. The van der Waals surface area contributed by atoms with Gasteiger partial charge in [0.25, 0.3) is 11.1 Å². The van der Waals surface area contributed by atoms with Crippen LogP contribution < -0.4 is 0 Å². The first-order valence-electron chi connectivity index (χ1n) is 9.66. The van der Waals surface area contributed by atoms with Gasteiger partial charge in [0.1, 0.15) is 11.5 Å². The molecule has 0 N–H and O–H groups in total. The molecule has 0 saturated carbocycles. The summed E-state index contributed by atoms with van der Waals surface area (Å²) in [5.74, 6) is 0.937. The Morgan fingerprint density at radius 3 is 2.52 bits per heavy atom. The number of nitrogens with zero attached hydrogens (tertiary/aromatic N) is 1. The zero-order valence-corrected chi connectivity index (χ0v) is 18.7. The normalized spacial score (nSPS) is 15.4. The lowest BCUT2D eigenvalue weighted by atomic mass is 10.0. The average Bonchev–Trinajstić information content (AvgIpc) is 3.35. The molecule has 0 radical (unpaired) electrons. The van der Waals surface area contributed by atoms with E-state index in [4.69, 9.17) is 4.42 Å². The van der Waals surface area contributed by atoms with E-state index in [2.05, 4.69) is 15.9 Å². The largest absolute Gasteiger partial charge is 0.457 e. The van der Waals surface area contributed by atoms with Gasteiger partial charge in [0.15, 0.2) is 0 Å². The van der Waals surface area contributed by atoms with Crippen LogP contribution in [-0.2, 0) is 11.3 Å². The van der Waals surface area contributed by atoms with Crippen LogP contribution in [0.4, 0.5) is 4.79 Å². The molecule has 0 bridgehead atoms. The summed E-state index contributed by atoms with van der Waals surface area (Å²) in [6, 6.07) is 25.3. The van der Waals surface area contributed by atoms with E-state index in [1.165, 1.54) is 4.90 Å². The summed E-state index contributed by atoms with van der Waals surface area (Å²) in [5, 5.41) is 1.85. The Morgan fingerprint density at radius 2 is 1.68 bits per heavy atom. The van der Waals surface area contributed by atoms with Crippen molar-refractivity contribution in [2.75, 3.05) is 0 Å². The van der Waals surface area contributed by atoms with Crippen molar-refractivity contribution in [3.05, 3.63) is 99.6 Å². The predicted octanol–water partition coefficient (Wildman–Crippen LogP) is 7.10. The van der Waals surface area contributed by atoms with Gasteiger partial charge < -0.3 is 4.42 Å². The number of halogens is 1. The van der Waals surface area contributed by atoms with E-state index in [1.54, 1.807) is 12.1 Å². The Hall–Kier alpha value is -3.09. The van der Waals surface area contributed by atoms with Crippen molar-refractivity contribution in [2.24, 2.45) is 0 Å². The third-order valence-corrected chi connectivity index (χ3v) is 6.55. The molecular formula is C25H16BrNO3S. The van der Waals surface area contributed by atoms with Crippen LogP contribution in [0.3, 0.4) is 0 Å². The maximum absolute atomic E-state index is 12.9. The molecule has 4 aromatic rings. The predicted molar refractivity (Wildman–Crippen MR) is 127 cm³/mol. The lowest BCUT2D eigenvalue weighted by Crippen LogP contribution is -2.27. The molecule has 1 aliphatic heterocycles. The van der Waals surface area contributed by atoms with Crippen molar-refractivity contribution >= 4 is 55.7 Å². The summed E-state index contributed by atoms with van der Waals surface area (Å²) in [6.07, 6.45) is 1.64. The third kappa shape index (κ3) is 3.96. The van der Waals surface area contributed by atoms with E-state index in [9.17, 15) is 9.59 Å². The Morgan fingerprint density at radius 1 is 0.903 bits per heavy atom. The smallest absolute Gasteiger partial charge is 0.293 e. The molecule has 4 nitrogen and oxygen atoms in total. The van der Waals surface area contributed by atoms with E-state index in [-0.39, 0.29) is 17.7 Å². The standard InChI is InChI=1S/C25H16BrNO3S/c26-19-10-8-17(9-11-19)22-13-12-20(30-22)14-23-24(28)27(25(29)31-23)15-18-6-3-5-16-4-1-2-7-21(16)18/h1-14H,15H2/b23-14-. The highest BCUT2D eigenvalue weighted by Gasteiger charge is 2.35. The molecule has 6 heteroatoms. The fourth-order valence-electron chi connectivity index (χ4n) is 3.57. The molecule has 2 heterocycles. The topological polar surface area (TPSA) is 50.5 Å². The van der Waals surface area contributed by atoms with Crippen LogP contribution in [0, 0.1) is 0 Å². The Kier molecular flexibility index (Phi) is 5.26. The second-order valence-corrected chi connectivity index (χ2v) is 9.02. The van der Waals surface area contributed by atoms with Crippen molar-refractivity contribution < 1.29 is 14.0 Å². The van der Waals surface area contributed by atoms with Crippen molar-refractivity contribution in [1.82, 2.24) is 4.90 Å². The Labute approximate surface area is 191 Å². The van der Waals surface area contributed by atoms with Crippen molar-refractivity contribution in [1.29, 1.82) is 0 Å². The van der Waals surface area contributed by atoms with Crippen LogP contribution in [-0.4, -0.2) is 16.0 Å². The number of fused-ring (bicyclic) bond motifs is 1. The van der Waals surface area contributed by atoms with E-state index in [0.717, 1.165) is 38.1 Å². The van der Waals surface area contributed by atoms with Crippen LogP contribution in [0.5, 0.6) is 0 Å². The first-order chi connectivity index (χ1) is 15.1. The fraction of sp³-hybridized carbons (Fsp3) is 0.0400. The van der Waals surface area contributed by atoms with Crippen LogP contribution >= 0.6 is 27.7 Å². The molecular weight excluding hydrogens is 474 g/mol. The van der Waals surface area contributed by atoms with Crippen LogP contribution in [0.25, 0.3) is 28.2 Å². The molecule has 0 aliphatic carbocycles. The molecule has 3 aromatic carbocycles. The number of thioether (sulfide) groups is 1. The monoisotopic (exact) mass is 489 g/mol.